The molecule has 2 aromatic rings. The highest BCUT2D eigenvalue weighted by molar-refractivity contribution is 6.30. The predicted molar refractivity (Wildman–Crippen MR) is 87.4 cm³/mol. The van der Waals surface area contributed by atoms with Crippen LogP contribution in [-0.4, -0.2) is 24.4 Å². The molecule has 0 radical (unpaired) electrons. The third-order valence-electron chi connectivity index (χ3n) is 3.49. The van der Waals surface area contributed by atoms with E-state index >= 15 is 0 Å². The third-order valence-corrected chi connectivity index (χ3v) is 3.93. The number of hydrogen-bond acceptors (Lipinski definition) is 1. The van der Waals surface area contributed by atoms with Crippen molar-refractivity contribution in [3.63, 3.8) is 0 Å². The quantitative estimate of drug-likeness (QED) is 0.737. The number of carbonyl (C=O) groups excluding carboxylic acids is 1. The number of rotatable bonds is 6. The van der Waals surface area contributed by atoms with E-state index in [4.69, 9.17) is 11.6 Å². The van der Waals surface area contributed by atoms with Gasteiger partial charge < -0.3 is 4.90 Å². The zero-order valence-electron chi connectivity index (χ0n) is 12.2. The molecule has 21 heavy (non-hydrogen) atoms. The Morgan fingerprint density at radius 2 is 1.62 bits per heavy atom. The fourth-order valence-corrected chi connectivity index (χ4v) is 2.55. The van der Waals surface area contributed by atoms with Crippen molar-refractivity contribution in [2.24, 2.45) is 0 Å². The lowest BCUT2D eigenvalue weighted by Crippen LogP contribution is -2.30. The standard InChI is InChI=1S/C18H20ClNO/c1-20(14-8-11-15-9-4-2-5-10-15)18(21)17(19)16-12-6-3-7-13-16/h2-7,9-10,12-13,17H,8,11,14H2,1H3. The number of hydrogen-bond donors (Lipinski definition) is 0. The molecule has 0 saturated heterocycles. The van der Waals surface area contributed by atoms with E-state index in [0.717, 1.165) is 18.4 Å². The maximum absolute atomic E-state index is 12.3. The van der Waals surface area contributed by atoms with Crippen LogP contribution >= 0.6 is 11.6 Å². The molecule has 0 aliphatic carbocycles. The summed E-state index contributed by atoms with van der Waals surface area (Å²) in [6, 6.07) is 19.8. The van der Waals surface area contributed by atoms with Gasteiger partial charge in [-0.05, 0) is 24.0 Å². The molecule has 110 valence electrons. The third kappa shape index (κ3) is 4.61. The molecule has 0 bridgehead atoms. The Labute approximate surface area is 131 Å². The molecule has 0 aliphatic rings. The van der Waals surface area contributed by atoms with E-state index in [9.17, 15) is 4.79 Å². The first-order valence-corrected chi connectivity index (χ1v) is 7.60. The van der Waals surface area contributed by atoms with Crippen LogP contribution in [0.2, 0.25) is 0 Å². The Hall–Kier alpha value is -1.80. The first-order chi connectivity index (χ1) is 10.2. The number of halogens is 1. The van der Waals surface area contributed by atoms with Crippen molar-refractivity contribution >= 4 is 17.5 Å². The molecule has 1 atom stereocenters. The van der Waals surface area contributed by atoms with E-state index in [1.165, 1.54) is 5.56 Å². The molecule has 0 aliphatic heterocycles. The SMILES string of the molecule is CN(CCCc1ccccc1)C(=O)C(Cl)c1ccccc1. The Bertz CT molecular complexity index is 556. The molecule has 1 unspecified atom stereocenters. The molecule has 0 fully saturated rings. The Morgan fingerprint density at radius 1 is 1.05 bits per heavy atom. The van der Waals surface area contributed by atoms with Crippen molar-refractivity contribution in [2.45, 2.75) is 18.2 Å². The zero-order valence-corrected chi connectivity index (χ0v) is 13.0. The number of alkyl halides is 1. The fraction of sp³-hybridized carbons (Fsp3) is 0.278. The largest absolute Gasteiger partial charge is 0.344 e. The summed E-state index contributed by atoms with van der Waals surface area (Å²) in [7, 11) is 1.81. The molecule has 2 aromatic carbocycles. The Morgan fingerprint density at radius 3 is 2.24 bits per heavy atom. The smallest absolute Gasteiger partial charge is 0.244 e. The van der Waals surface area contributed by atoms with Crippen LogP contribution in [0.15, 0.2) is 60.7 Å². The molecule has 0 N–H and O–H groups in total. The second kappa shape index (κ2) is 7.84. The molecule has 2 nitrogen and oxygen atoms in total. The summed E-state index contributed by atoms with van der Waals surface area (Å²) in [5.74, 6) is -0.0454. The maximum Gasteiger partial charge on any atom is 0.244 e. The van der Waals surface area contributed by atoms with E-state index < -0.39 is 5.38 Å². The number of benzene rings is 2. The number of amides is 1. The number of nitrogens with zero attached hydrogens (tertiary/aromatic N) is 1. The highest BCUT2D eigenvalue weighted by Gasteiger charge is 2.20. The summed E-state index contributed by atoms with van der Waals surface area (Å²) in [5.41, 5.74) is 2.14. The van der Waals surface area contributed by atoms with E-state index in [2.05, 4.69) is 12.1 Å². The normalized spacial score (nSPS) is 11.9. The summed E-state index contributed by atoms with van der Waals surface area (Å²) >= 11 is 6.26. The van der Waals surface area contributed by atoms with Crippen molar-refractivity contribution in [2.75, 3.05) is 13.6 Å². The van der Waals surface area contributed by atoms with Crippen LogP contribution in [0.3, 0.4) is 0 Å². The van der Waals surface area contributed by atoms with Crippen LogP contribution in [0.25, 0.3) is 0 Å². The van der Waals surface area contributed by atoms with Gasteiger partial charge in [-0.15, -0.1) is 11.6 Å². The van der Waals surface area contributed by atoms with Gasteiger partial charge in [0, 0.05) is 13.6 Å². The lowest BCUT2D eigenvalue weighted by molar-refractivity contribution is -0.129. The van der Waals surface area contributed by atoms with Crippen LogP contribution in [0.5, 0.6) is 0 Å². The predicted octanol–water partition coefficient (Wildman–Crippen LogP) is 4.06. The van der Waals surface area contributed by atoms with Crippen molar-refractivity contribution in [3.8, 4) is 0 Å². The highest BCUT2D eigenvalue weighted by atomic mass is 35.5. The molecule has 0 aromatic heterocycles. The molecule has 0 heterocycles. The second-order valence-electron chi connectivity index (χ2n) is 5.12. The summed E-state index contributed by atoms with van der Waals surface area (Å²) in [6.07, 6.45) is 1.90. The van der Waals surface area contributed by atoms with Crippen LogP contribution in [0.1, 0.15) is 22.9 Å². The van der Waals surface area contributed by atoms with Crippen molar-refractivity contribution in [1.29, 1.82) is 0 Å². The minimum atomic E-state index is -0.604. The lowest BCUT2D eigenvalue weighted by atomic mass is 10.1. The van der Waals surface area contributed by atoms with Gasteiger partial charge in [-0.25, -0.2) is 0 Å². The lowest BCUT2D eigenvalue weighted by Gasteiger charge is -2.20. The average molecular weight is 302 g/mol. The summed E-state index contributed by atoms with van der Waals surface area (Å²) in [6.45, 7) is 0.712. The summed E-state index contributed by atoms with van der Waals surface area (Å²) in [5, 5.41) is -0.604. The van der Waals surface area contributed by atoms with E-state index in [0.29, 0.717) is 6.54 Å². The molecular formula is C18H20ClNO. The maximum atomic E-state index is 12.3. The van der Waals surface area contributed by atoms with Gasteiger partial charge in [-0.1, -0.05) is 60.7 Å². The highest BCUT2D eigenvalue weighted by Crippen LogP contribution is 2.22. The van der Waals surface area contributed by atoms with Gasteiger partial charge in [-0.3, -0.25) is 4.79 Å². The number of likely N-dealkylation sites (N-methyl/N-ethyl adjacent to an activating group) is 1. The van der Waals surface area contributed by atoms with Gasteiger partial charge in [0.05, 0.1) is 0 Å². The number of carbonyl (C=O) groups is 1. The van der Waals surface area contributed by atoms with E-state index in [1.54, 1.807) is 4.90 Å². The van der Waals surface area contributed by atoms with Gasteiger partial charge >= 0.3 is 0 Å². The first kappa shape index (κ1) is 15.6. The minimum absolute atomic E-state index is 0.0454. The van der Waals surface area contributed by atoms with Gasteiger partial charge in [0.2, 0.25) is 5.91 Å². The minimum Gasteiger partial charge on any atom is -0.344 e. The Kier molecular flexibility index (Phi) is 5.82. The molecule has 1 amide bonds. The van der Waals surface area contributed by atoms with Gasteiger partial charge in [0.25, 0.3) is 0 Å². The summed E-state index contributed by atoms with van der Waals surface area (Å²) in [4.78, 5) is 14.0. The molecule has 0 saturated carbocycles. The van der Waals surface area contributed by atoms with Gasteiger partial charge in [-0.2, -0.15) is 0 Å². The van der Waals surface area contributed by atoms with Crippen LogP contribution in [-0.2, 0) is 11.2 Å². The zero-order chi connectivity index (χ0) is 15.1. The van der Waals surface area contributed by atoms with Crippen molar-refractivity contribution in [3.05, 3.63) is 71.8 Å². The molecule has 2 rings (SSSR count). The fourth-order valence-electron chi connectivity index (χ4n) is 2.23. The second-order valence-corrected chi connectivity index (χ2v) is 5.56. The number of aryl methyl sites for hydroxylation is 1. The average Bonchev–Trinajstić information content (AvgIpc) is 2.55. The first-order valence-electron chi connectivity index (χ1n) is 7.16. The van der Waals surface area contributed by atoms with Crippen LogP contribution in [0.4, 0.5) is 0 Å². The topological polar surface area (TPSA) is 20.3 Å². The van der Waals surface area contributed by atoms with Gasteiger partial charge in [0.1, 0.15) is 5.38 Å². The summed E-state index contributed by atoms with van der Waals surface area (Å²) < 4.78 is 0. The van der Waals surface area contributed by atoms with Crippen LogP contribution < -0.4 is 0 Å². The van der Waals surface area contributed by atoms with Gasteiger partial charge in [0.15, 0.2) is 0 Å². The molecule has 3 heteroatoms. The van der Waals surface area contributed by atoms with Crippen molar-refractivity contribution < 1.29 is 4.79 Å². The monoisotopic (exact) mass is 301 g/mol. The Balaban J connectivity index is 1.82. The van der Waals surface area contributed by atoms with Crippen molar-refractivity contribution in [1.82, 2.24) is 4.90 Å². The van der Waals surface area contributed by atoms with Crippen LogP contribution in [0, 0.1) is 0 Å². The van der Waals surface area contributed by atoms with E-state index in [-0.39, 0.29) is 5.91 Å². The van der Waals surface area contributed by atoms with E-state index in [1.807, 2.05) is 55.6 Å². The molecule has 0 spiro atoms. The molecular weight excluding hydrogens is 282 g/mol.